The van der Waals surface area contributed by atoms with Gasteiger partial charge in [-0.05, 0) is 19.8 Å². The highest BCUT2D eigenvalue weighted by Crippen LogP contribution is 2.21. The minimum absolute atomic E-state index is 0.00209. The molecule has 278 valence electrons. The molecule has 0 aromatic heterocycles. The van der Waals surface area contributed by atoms with Gasteiger partial charge in [-0.3, -0.25) is 9.59 Å². The molecule has 0 aromatic rings. The molecule has 0 unspecified atom stereocenters. The van der Waals surface area contributed by atoms with E-state index in [1.54, 1.807) is 0 Å². The van der Waals surface area contributed by atoms with Crippen LogP contribution in [-0.4, -0.2) is 131 Å². The number of hydrogen-bond donors (Lipinski definition) is 9. The number of nitrogens with one attached hydrogen (secondary N) is 4. The van der Waals surface area contributed by atoms with E-state index < -0.39 is 85.0 Å². The smallest absolute Gasteiger partial charge is 0.326 e. The Morgan fingerprint density at radius 3 is 1.83 bits per heavy atom. The Kier molecular flexibility index (Phi) is 21.6. The number of aliphatic hydroxyl groups is 3. The largest absolute Gasteiger partial charge is 0.480 e. The predicted molar refractivity (Wildman–Crippen MR) is 171 cm³/mol. The number of ether oxygens (including phenoxy) is 3. The number of aliphatic hydroxyl groups excluding tert-OH is 3. The molecule has 0 aliphatic carbocycles. The van der Waals surface area contributed by atoms with Crippen molar-refractivity contribution in [3.63, 3.8) is 0 Å². The van der Waals surface area contributed by atoms with E-state index >= 15 is 0 Å². The van der Waals surface area contributed by atoms with Crippen molar-refractivity contribution in [2.75, 3.05) is 26.4 Å². The average Bonchev–Trinajstić information content (AvgIpc) is 3.04. The van der Waals surface area contributed by atoms with Crippen LogP contribution < -0.4 is 21.3 Å². The first-order chi connectivity index (χ1) is 22.8. The average molecular weight is 693 g/mol. The number of carbonyl (C=O) groups excluding carboxylic acids is 3. The van der Waals surface area contributed by atoms with E-state index in [1.807, 2.05) is 13.8 Å². The number of urea groups is 1. The molecule has 17 nitrogen and oxygen atoms in total. The van der Waals surface area contributed by atoms with Crippen molar-refractivity contribution >= 4 is 29.8 Å². The Labute approximate surface area is 281 Å². The number of carboxylic acids is 2. The van der Waals surface area contributed by atoms with Gasteiger partial charge in [0, 0.05) is 6.54 Å². The van der Waals surface area contributed by atoms with Gasteiger partial charge in [0.25, 0.3) is 0 Å². The molecule has 1 heterocycles. The van der Waals surface area contributed by atoms with Crippen molar-refractivity contribution in [3.8, 4) is 0 Å². The fraction of sp³-hybridized carbons (Fsp3) is 0.839. The monoisotopic (exact) mass is 692 g/mol. The van der Waals surface area contributed by atoms with Crippen LogP contribution in [0.5, 0.6) is 0 Å². The van der Waals surface area contributed by atoms with Crippen molar-refractivity contribution in [1.29, 1.82) is 0 Å². The summed E-state index contributed by atoms with van der Waals surface area (Å²) in [5.74, 6) is -4.10. The normalized spacial score (nSPS) is 22.6. The van der Waals surface area contributed by atoms with E-state index in [0.29, 0.717) is 12.8 Å². The van der Waals surface area contributed by atoms with Gasteiger partial charge >= 0.3 is 18.0 Å². The lowest BCUT2D eigenvalue weighted by molar-refractivity contribution is -0.294. The van der Waals surface area contributed by atoms with Gasteiger partial charge in [0.1, 0.15) is 36.4 Å². The molecular weight excluding hydrogens is 636 g/mol. The van der Waals surface area contributed by atoms with E-state index in [4.69, 9.17) is 14.2 Å². The Morgan fingerprint density at radius 2 is 1.27 bits per heavy atom. The van der Waals surface area contributed by atoms with Gasteiger partial charge in [-0.15, -0.1) is 0 Å². The van der Waals surface area contributed by atoms with E-state index in [9.17, 15) is 49.5 Å². The highest BCUT2D eigenvalue weighted by molar-refractivity contribution is 5.94. The lowest BCUT2D eigenvalue weighted by atomic mass is 10.0. The van der Waals surface area contributed by atoms with E-state index in [0.717, 1.165) is 38.5 Å². The molecule has 48 heavy (non-hydrogen) atoms. The number of hydrogen-bond acceptors (Lipinski definition) is 11. The van der Waals surface area contributed by atoms with Crippen LogP contribution in [0.3, 0.4) is 0 Å². The maximum absolute atomic E-state index is 13.1. The van der Waals surface area contributed by atoms with Gasteiger partial charge in [-0.1, -0.05) is 65.2 Å². The number of aliphatic carboxylic acids is 2. The van der Waals surface area contributed by atoms with Crippen molar-refractivity contribution < 1.29 is 63.7 Å². The molecule has 1 fully saturated rings. The van der Waals surface area contributed by atoms with Crippen molar-refractivity contribution in [2.45, 2.75) is 140 Å². The first kappa shape index (κ1) is 42.9. The fourth-order valence-electron chi connectivity index (χ4n) is 4.90. The quantitative estimate of drug-likeness (QED) is 0.0571. The third-order valence-electron chi connectivity index (χ3n) is 7.81. The molecule has 8 atom stereocenters. The predicted octanol–water partition coefficient (Wildman–Crippen LogP) is -0.0154. The molecular formula is C31H56N4O13. The van der Waals surface area contributed by atoms with Crippen molar-refractivity contribution in [2.24, 2.45) is 0 Å². The molecule has 1 aliphatic rings. The summed E-state index contributed by atoms with van der Waals surface area (Å²) in [5.41, 5.74) is 0. The topological polar surface area (TPSA) is 262 Å². The van der Waals surface area contributed by atoms with Crippen LogP contribution in [0.4, 0.5) is 4.79 Å². The third kappa shape index (κ3) is 16.8. The molecule has 9 N–H and O–H groups in total. The van der Waals surface area contributed by atoms with Crippen molar-refractivity contribution in [1.82, 2.24) is 21.3 Å². The highest BCUT2D eigenvalue weighted by atomic mass is 16.7. The molecule has 4 amide bonds. The highest BCUT2D eigenvalue weighted by Gasteiger charge is 2.42. The summed E-state index contributed by atoms with van der Waals surface area (Å²) in [6.45, 7) is 5.54. The molecule has 0 radical (unpaired) electrons. The van der Waals surface area contributed by atoms with Crippen molar-refractivity contribution in [3.05, 3.63) is 0 Å². The zero-order valence-electron chi connectivity index (χ0n) is 28.2. The molecule has 0 aromatic carbocycles. The molecule has 0 saturated carbocycles. The molecule has 1 rings (SSSR count). The summed E-state index contributed by atoms with van der Waals surface area (Å²) in [5, 5.41) is 58.3. The standard InChI is InChI=1S/C31H56N4O13/c1-4-6-8-10-12-20(28(41)42)33-27(40)22(35-31(45)34-21(29(43)44)13-11-9-7-5-2)18-23(36)32-14-15-46-16-17-47-30-26(39)25(38)24(37)19(3)48-30/h19-22,24-26,30,37-39H,4-18H2,1-3H3,(H,32,36)(H,33,40)(H,41,42)(H,43,44)(H2,34,35,45)/t19-,20-,21-,22-,24-,25+,26+,30+/m0/s1. The first-order valence-electron chi connectivity index (χ1n) is 16.8. The van der Waals surface area contributed by atoms with Crippen LogP contribution >= 0.6 is 0 Å². The van der Waals surface area contributed by atoms with Crippen LogP contribution in [0.15, 0.2) is 0 Å². The maximum Gasteiger partial charge on any atom is 0.326 e. The second-order valence-electron chi connectivity index (χ2n) is 11.9. The number of carbonyl (C=O) groups is 5. The first-order valence-corrected chi connectivity index (χ1v) is 16.8. The number of carboxylic acid groups (broad SMARTS) is 2. The van der Waals surface area contributed by atoms with Gasteiger partial charge in [-0.25, -0.2) is 14.4 Å². The number of rotatable bonds is 25. The van der Waals surface area contributed by atoms with E-state index in [1.165, 1.54) is 6.92 Å². The minimum atomic E-state index is -1.51. The van der Waals surface area contributed by atoms with Crippen LogP contribution in [0, 0.1) is 0 Å². The minimum Gasteiger partial charge on any atom is -0.480 e. The summed E-state index contributed by atoms with van der Waals surface area (Å²) in [6, 6.07) is -4.97. The summed E-state index contributed by atoms with van der Waals surface area (Å²) in [7, 11) is 0. The number of amides is 4. The maximum atomic E-state index is 13.1. The van der Waals surface area contributed by atoms with Gasteiger partial charge in [0.2, 0.25) is 11.8 Å². The van der Waals surface area contributed by atoms with Crippen LogP contribution in [0.2, 0.25) is 0 Å². The molecule has 0 spiro atoms. The molecule has 1 aliphatic heterocycles. The Balaban J connectivity index is 2.70. The Hall–Kier alpha value is -3.09. The summed E-state index contributed by atoms with van der Waals surface area (Å²) < 4.78 is 16.1. The van der Waals surface area contributed by atoms with Gasteiger partial charge < -0.3 is 61.0 Å². The Bertz CT molecular complexity index is 988. The van der Waals surface area contributed by atoms with Crippen LogP contribution in [0.1, 0.15) is 91.4 Å². The molecule has 0 bridgehead atoms. The molecule has 17 heteroatoms. The second-order valence-corrected chi connectivity index (χ2v) is 11.9. The summed E-state index contributed by atoms with van der Waals surface area (Å²) >= 11 is 0. The SMILES string of the molecule is CCCCCC[C@H](NC(=O)N[C@@H](CC(=O)NCCOCCO[C@@H]1O[C@@H](C)[C@H](O)[C@@H](O)[C@H]1O)C(=O)N[C@@H](CCCCCC)C(=O)O)C(=O)O. The van der Waals surface area contributed by atoms with Gasteiger partial charge in [-0.2, -0.15) is 0 Å². The van der Waals surface area contributed by atoms with Crippen LogP contribution in [0.25, 0.3) is 0 Å². The lowest BCUT2D eigenvalue weighted by Crippen LogP contribution is -2.57. The summed E-state index contributed by atoms with van der Waals surface area (Å²) in [4.78, 5) is 62.1. The molecule has 1 saturated heterocycles. The van der Waals surface area contributed by atoms with E-state index in [2.05, 4.69) is 21.3 Å². The van der Waals surface area contributed by atoms with E-state index in [-0.39, 0.29) is 39.2 Å². The zero-order valence-corrected chi connectivity index (χ0v) is 28.2. The zero-order chi connectivity index (χ0) is 36.1. The fourth-order valence-corrected chi connectivity index (χ4v) is 4.90. The Morgan fingerprint density at radius 1 is 0.708 bits per heavy atom. The van der Waals surface area contributed by atoms with Gasteiger partial charge in [0.15, 0.2) is 6.29 Å². The summed E-state index contributed by atoms with van der Waals surface area (Å²) in [6.07, 6.45) is 0.0367. The third-order valence-corrected chi connectivity index (χ3v) is 7.81. The number of unbranched alkanes of at least 4 members (excludes halogenated alkanes) is 6. The lowest BCUT2D eigenvalue weighted by Gasteiger charge is -2.38. The second kappa shape index (κ2) is 24.1. The van der Waals surface area contributed by atoms with Crippen LogP contribution in [-0.2, 0) is 33.4 Å². The van der Waals surface area contributed by atoms with Gasteiger partial charge in [0.05, 0.1) is 32.3 Å².